The number of hydrogen-bond donors (Lipinski definition) is 0. The van der Waals surface area contributed by atoms with Crippen LogP contribution in [0.3, 0.4) is 0 Å². The van der Waals surface area contributed by atoms with Gasteiger partial charge < -0.3 is 9.80 Å². The van der Waals surface area contributed by atoms with Gasteiger partial charge in [0.2, 0.25) is 5.91 Å². The summed E-state index contributed by atoms with van der Waals surface area (Å²) in [6.45, 7) is 2.82. The fourth-order valence-electron chi connectivity index (χ4n) is 4.58. The van der Waals surface area contributed by atoms with Gasteiger partial charge in [0.1, 0.15) is 5.82 Å². The average molecular weight is 394 g/mol. The zero-order chi connectivity index (χ0) is 20.4. The molecule has 4 nitrogen and oxygen atoms in total. The third kappa shape index (κ3) is 4.19. The summed E-state index contributed by atoms with van der Waals surface area (Å²) in [5.74, 6) is -0.0645. The van der Waals surface area contributed by atoms with Gasteiger partial charge in [0.25, 0.3) is 5.91 Å². The smallest absolute Gasteiger partial charge is 0.254 e. The minimum atomic E-state index is -0.226. The van der Waals surface area contributed by atoms with Crippen LogP contribution in [0.25, 0.3) is 0 Å². The molecule has 2 aromatic carbocycles. The Labute approximate surface area is 171 Å². The van der Waals surface area contributed by atoms with Crippen molar-refractivity contribution in [1.82, 2.24) is 4.90 Å². The molecule has 2 amide bonds. The van der Waals surface area contributed by atoms with Crippen molar-refractivity contribution in [3.05, 3.63) is 65.5 Å². The Hall–Kier alpha value is -2.69. The molecule has 4 rings (SSSR count). The Morgan fingerprint density at radius 2 is 1.93 bits per heavy atom. The molecule has 0 bridgehead atoms. The summed E-state index contributed by atoms with van der Waals surface area (Å²) in [6, 6.07) is 14.4. The zero-order valence-electron chi connectivity index (χ0n) is 16.8. The van der Waals surface area contributed by atoms with Crippen LogP contribution in [0.5, 0.6) is 0 Å². The van der Waals surface area contributed by atoms with Crippen molar-refractivity contribution in [2.75, 3.05) is 11.4 Å². The molecule has 2 fully saturated rings. The predicted octanol–water partition coefficient (Wildman–Crippen LogP) is 4.58. The topological polar surface area (TPSA) is 40.6 Å². The number of carbonyl (C=O) groups is 2. The number of hydrogen-bond acceptors (Lipinski definition) is 2. The van der Waals surface area contributed by atoms with E-state index in [1.165, 1.54) is 12.1 Å². The first kappa shape index (κ1) is 19.6. The van der Waals surface area contributed by atoms with Crippen LogP contribution in [-0.4, -0.2) is 35.3 Å². The minimum Gasteiger partial charge on any atom is -0.333 e. The van der Waals surface area contributed by atoms with E-state index in [4.69, 9.17) is 0 Å². The fraction of sp³-hybridized carbons (Fsp3) is 0.417. The third-order valence-electron chi connectivity index (χ3n) is 6.18. The molecule has 152 valence electrons. The number of rotatable bonds is 5. The normalized spacial score (nSPS) is 21.8. The van der Waals surface area contributed by atoms with Gasteiger partial charge in [-0.3, -0.25) is 9.59 Å². The van der Waals surface area contributed by atoms with E-state index >= 15 is 0 Å². The van der Waals surface area contributed by atoms with Crippen molar-refractivity contribution in [1.29, 1.82) is 0 Å². The van der Waals surface area contributed by atoms with Crippen LogP contribution in [0, 0.1) is 5.82 Å². The van der Waals surface area contributed by atoms with Gasteiger partial charge in [-0.05, 0) is 74.9 Å². The number of carbonyl (C=O) groups excluding carboxylic acids is 2. The maximum Gasteiger partial charge on any atom is 0.254 e. The van der Waals surface area contributed by atoms with Crippen molar-refractivity contribution in [3.63, 3.8) is 0 Å². The lowest BCUT2D eigenvalue weighted by molar-refractivity contribution is -0.117. The molecule has 2 atom stereocenters. The molecule has 5 heteroatoms. The molecule has 2 aliphatic heterocycles. The number of halogens is 1. The van der Waals surface area contributed by atoms with Crippen LogP contribution < -0.4 is 4.90 Å². The molecule has 2 heterocycles. The van der Waals surface area contributed by atoms with Crippen LogP contribution >= 0.6 is 0 Å². The standard InChI is InChI=1S/C24H27FN2O2/c1-17-7-13-21(14-10-18-8-11-20(25)12-9-18)27(17)24(29)19-4-2-5-22(16-19)26-15-3-6-23(26)28/h2,4-5,8-9,11-12,16-17,21H,3,6-7,10,13-15H2,1H3/t17-,21-/m1/s1. The summed E-state index contributed by atoms with van der Waals surface area (Å²) in [5, 5.41) is 0. The molecule has 2 aromatic rings. The molecule has 29 heavy (non-hydrogen) atoms. The van der Waals surface area contributed by atoms with Crippen molar-refractivity contribution in [2.45, 2.75) is 57.5 Å². The van der Waals surface area contributed by atoms with Gasteiger partial charge in [-0.25, -0.2) is 4.39 Å². The molecule has 2 aliphatic rings. The van der Waals surface area contributed by atoms with Gasteiger partial charge in [0.05, 0.1) is 0 Å². The molecule has 0 unspecified atom stereocenters. The Morgan fingerprint density at radius 1 is 1.14 bits per heavy atom. The van der Waals surface area contributed by atoms with Crippen LogP contribution in [0.1, 0.15) is 54.9 Å². The van der Waals surface area contributed by atoms with Crippen LogP contribution in [0.4, 0.5) is 10.1 Å². The number of amides is 2. The minimum absolute atomic E-state index is 0.0348. The number of likely N-dealkylation sites (tertiary alicyclic amines) is 1. The highest BCUT2D eigenvalue weighted by molar-refractivity contribution is 5.99. The average Bonchev–Trinajstić information content (AvgIpc) is 3.32. The van der Waals surface area contributed by atoms with Gasteiger partial charge in [-0.1, -0.05) is 18.2 Å². The summed E-state index contributed by atoms with van der Waals surface area (Å²) in [4.78, 5) is 29.2. The number of aryl methyl sites for hydroxylation is 1. The number of nitrogens with zero attached hydrogens (tertiary/aromatic N) is 2. The Kier molecular flexibility index (Phi) is 5.65. The van der Waals surface area contributed by atoms with Crippen molar-refractivity contribution in [2.24, 2.45) is 0 Å². The van der Waals surface area contributed by atoms with Crippen LogP contribution in [0.15, 0.2) is 48.5 Å². The molecule has 0 N–H and O–H groups in total. The van der Waals surface area contributed by atoms with Gasteiger partial charge in [0, 0.05) is 36.3 Å². The lowest BCUT2D eigenvalue weighted by Crippen LogP contribution is -2.40. The lowest BCUT2D eigenvalue weighted by atomic mass is 10.0. The number of anilines is 1. The highest BCUT2D eigenvalue weighted by Gasteiger charge is 2.34. The molecule has 2 saturated heterocycles. The molecule has 0 saturated carbocycles. The Morgan fingerprint density at radius 3 is 2.66 bits per heavy atom. The van der Waals surface area contributed by atoms with Crippen molar-refractivity contribution < 1.29 is 14.0 Å². The first-order valence-corrected chi connectivity index (χ1v) is 10.5. The fourth-order valence-corrected chi connectivity index (χ4v) is 4.58. The SMILES string of the molecule is C[C@@H]1CC[C@H](CCc2ccc(F)cc2)N1C(=O)c1cccc(N2CCCC2=O)c1. The van der Waals surface area contributed by atoms with E-state index < -0.39 is 0 Å². The second-order valence-corrected chi connectivity index (χ2v) is 8.16. The Bertz CT molecular complexity index is 896. The molecular formula is C24H27FN2O2. The van der Waals surface area contributed by atoms with E-state index in [0.29, 0.717) is 12.0 Å². The summed E-state index contributed by atoms with van der Waals surface area (Å²) in [5.41, 5.74) is 2.55. The summed E-state index contributed by atoms with van der Waals surface area (Å²) < 4.78 is 13.1. The monoisotopic (exact) mass is 394 g/mol. The molecular weight excluding hydrogens is 367 g/mol. The summed E-state index contributed by atoms with van der Waals surface area (Å²) in [7, 11) is 0. The second-order valence-electron chi connectivity index (χ2n) is 8.16. The van der Waals surface area contributed by atoms with Gasteiger partial charge in [-0.15, -0.1) is 0 Å². The highest BCUT2D eigenvalue weighted by Crippen LogP contribution is 2.30. The zero-order valence-corrected chi connectivity index (χ0v) is 16.8. The van der Waals surface area contributed by atoms with E-state index in [1.54, 1.807) is 4.90 Å². The van der Waals surface area contributed by atoms with E-state index in [0.717, 1.165) is 49.9 Å². The second kappa shape index (κ2) is 8.36. The van der Waals surface area contributed by atoms with Crippen LogP contribution in [0.2, 0.25) is 0 Å². The molecule has 0 aliphatic carbocycles. The first-order valence-electron chi connectivity index (χ1n) is 10.5. The van der Waals surface area contributed by atoms with Gasteiger partial charge in [-0.2, -0.15) is 0 Å². The van der Waals surface area contributed by atoms with Gasteiger partial charge >= 0.3 is 0 Å². The lowest BCUT2D eigenvalue weighted by Gasteiger charge is -2.29. The van der Waals surface area contributed by atoms with E-state index in [9.17, 15) is 14.0 Å². The van der Waals surface area contributed by atoms with Crippen molar-refractivity contribution in [3.8, 4) is 0 Å². The maximum atomic E-state index is 13.3. The highest BCUT2D eigenvalue weighted by atomic mass is 19.1. The van der Waals surface area contributed by atoms with E-state index in [-0.39, 0.29) is 29.7 Å². The maximum absolute atomic E-state index is 13.3. The number of benzene rings is 2. The molecule has 0 aromatic heterocycles. The third-order valence-corrected chi connectivity index (χ3v) is 6.18. The first-order chi connectivity index (χ1) is 14.0. The largest absolute Gasteiger partial charge is 0.333 e. The quantitative estimate of drug-likeness (QED) is 0.745. The van der Waals surface area contributed by atoms with E-state index in [2.05, 4.69) is 6.92 Å². The van der Waals surface area contributed by atoms with Gasteiger partial charge in [0.15, 0.2) is 0 Å². The Balaban J connectivity index is 1.48. The summed E-state index contributed by atoms with van der Waals surface area (Å²) in [6.07, 6.45) is 5.11. The molecule has 0 spiro atoms. The summed E-state index contributed by atoms with van der Waals surface area (Å²) >= 11 is 0. The van der Waals surface area contributed by atoms with Crippen molar-refractivity contribution >= 4 is 17.5 Å². The molecule has 0 radical (unpaired) electrons. The predicted molar refractivity (Wildman–Crippen MR) is 111 cm³/mol. The van der Waals surface area contributed by atoms with Crippen LogP contribution in [-0.2, 0) is 11.2 Å². The van der Waals surface area contributed by atoms with E-state index in [1.807, 2.05) is 41.3 Å².